The topological polar surface area (TPSA) is 53.1 Å². The molecular weight excluding hydrogens is 486 g/mol. The van der Waals surface area contributed by atoms with Crippen molar-refractivity contribution in [2.45, 2.75) is 89.6 Å². The number of amides is 2. The molecular formula is C33H45N3O3. The molecule has 0 saturated carbocycles. The predicted molar refractivity (Wildman–Crippen MR) is 156 cm³/mol. The van der Waals surface area contributed by atoms with Crippen molar-refractivity contribution < 1.29 is 14.3 Å². The van der Waals surface area contributed by atoms with Gasteiger partial charge in [0.1, 0.15) is 5.75 Å². The average molecular weight is 532 g/mol. The molecule has 1 unspecified atom stereocenters. The van der Waals surface area contributed by atoms with Crippen LogP contribution in [0.5, 0.6) is 5.75 Å². The minimum absolute atomic E-state index is 0.0635. The van der Waals surface area contributed by atoms with E-state index in [0.29, 0.717) is 25.1 Å². The van der Waals surface area contributed by atoms with E-state index in [2.05, 4.69) is 24.0 Å². The van der Waals surface area contributed by atoms with Crippen molar-refractivity contribution >= 4 is 17.5 Å². The maximum atomic E-state index is 13.2. The quantitative estimate of drug-likeness (QED) is 0.330. The highest BCUT2D eigenvalue weighted by molar-refractivity contribution is 5.97. The van der Waals surface area contributed by atoms with Gasteiger partial charge in [0.15, 0.2) is 0 Å². The van der Waals surface area contributed by atoms with E-state index in [1.54, 1.807) is 0 Å². The first-order valence-electron chi connectivity index (χ1n) is 15.3. The Balaban J connectivity index is 1.01. The highest BCUT2D eigenvalue weighted by Crippen LogP contribution is 2.32. The van der Waals surface area contributed by atoms with Crippen LogP contribution >= 0.6 is 0 Å². The molecule has 0 aliphatic carbocycles. The minimum atomic E-state index is 0.0635. The molecule has 3 aliphatic rings. The molecule has 2 fully saturated rings. The molecule has 2 aromatic carbocycles. The number of carbonyl (C=O) groups excluding carboxylic acids is 2. The van der Waals surface area contributed by atoms with E-state index in [1.807, 2.05) is 46.2 Å². The number of unbranched alkanes of at least 4 members (excludes halogenated alkanes) is 3. The molecule has 39 heavy (non-hydrogen) atoms. The number of ether oxygens (including phenoxy) is 1. The number of carbonyl (C=O) groups is 2. The number of para-hydroxylation sites is 1. The highest BCUT2D eigenvalue weighted by atomic mass is 16.5. The van der Waals surface area contributed by atoms with Gasteiger partial charge in [-0.1, -0.05) is 37.5 Å². The lowest BCUT2D eigenvalue weighted by molar-refractivity contribution is -0.119. The van der Waals surface area contributed by atoms with Gasteiger partial charge in [-0.25, -0.2) is 0 Å². The van der Waals surface area contributed by atoms with Crippen molar-refractivity contribution in [3.63, 3.8) is 0 Å². The molecule has 0 spiro atoms. The van der Waals surface area contributed by atoms with Crippen molar-refractivity contribution in [1.82, 2.24) is 9.80 Å². The van der Waals surface area contributed by atoms with Gasteiger partial charge >= 0.3 is 0 Å². The van der Waals surface area contributed by atoms with Gasteiger partial charge in [-0.2, -0.15) is 0 Å². The molecule has 6 heteroatoms. The molecule has 6 nitrogen and oxygen atoms in total. The van der Waals surface area contributed by atoms with Crippen LogP contribution in [0.15, 0.2) is 48.5 Å². The van der Waals surface area contributed by atoms with Crippen LogP contribution in [0, 0.1) is 0 Å². The summed E-state index contributed by atoms with van der Waals surface area (Å²) in [6.45, 7) is 7.01. The number of anilines is 1. The van der Waals surface area contributed by atoms with E-state index < -0.39 is 0 Å². The molecule has 0 aromatic heterocycles. The van der Waals surface area contributed by atoms with Crippen molar-refractivity contribution in [2.75, 3.05) is 37.7 Å². The summed E-state index contributed by atoms with van der Waals surface area (Å²) in [5.41, 5.74) is 3.01. The maximum Gasteiger partial charge on any atom is 0.253 e. The van der Waals surface area contributed by atoms with E-state index in [0.717, 1.165) is 49.8 Å². The van der Waals surface area contributed by atoms with Crippen molar-refractivity contribution in [3.8, 4) is 5.75 Å². The third kappa shape index (κ3) is 7.02. The molecule has 2 amide bonds. The number of hydrogen-bond acceptors (Lipinski definition) is 4. The first-order chi connectivity index (χ1) is 19.1. The van der Waals surface area contributed by atoms with Crippen LogP contribution < -0.4 is 9.64 Å². The lowest BCUT2D eigenvalue weighted by atomic mass is 9.95. The molecule has 3 aliphatic heterocycles. The van der Waals surface area contributed by atoms with Crippen molar-refractivity contribution in [2.24, 2.45) is 0 Å². The average Bonchev–Trinajstić information content (AvgIpc) is 3.52. The predicted octanol–water partition coefficient (Wildman–Crippen LogP) is 6.08. The Hall–Kier alpha value is -2.86. The molecule has 0 N–H and O–H groups in total. The molecule has 1 atom stereocenters. The van der Waals surface area contributed by atoms with Crippen LogP contribution in [0.4, 0.5) is 5.69 Å². The van der Waals surface area contributed by atoms with Crippen LogP contribution in [-0.2, 0) is 11.2 Å². The largest absolute Gasteiger partial charge is 0.494 e. The van der Waals surface area contributed by atoms with Crippen LogP contribution in [0.1, 0.15) is 87.1 Å². The first kappa shape index (κ1) is 27.7. The zero-order valence-electron chi connectivity index (χ0n) is 23.7. The fourth-order valence-electron chi connectivity index (χ4n) is 6.51. The Labute approximate surface area is 234 Å². The Morgan fingerprint density at radius 2 is 1.62 bits per heavy atom. The lowest BCUT2D eigenvalue weighted by Crippen LogP contribution is -2.50. The SMILES string of the molecule is CC(CCCCCCOc1ccc(C(=O)N2CCC(N3C(=O)CCc4ccccc43)CC2)cc1)N1CCCC1. The van der Waals surface area contributed by atoms with E-state index in [4.69, 9.17) is 4.74 Å². The summed E-state index contributed by atoms with van der Waals surface area (Å²) >= 11 is 0. The van der Waals surface area contributed by atoms with Gasteiger partial charge in [0.2, 0.25) is 5.91 Å². The summed E-state index contributed by atoms with van der Waals surface area (Å²) in [5.74, 6) is 1.10. The fraction of sp³-hybridized carbons (Fsp3) is 0.576. The van der Waals surface area contributed by atoms with Gasteiger partial charge in [-0.15, -0.1) is 0 Å². The highest BCUT2D eigenvalue weighted by Gasteiger charge is 2.33. The van der Waals surface area contributed by atoms with Crippen molar-refractivity contribution in [3.05, 3.63) is 59.7 Å². The number of benzene rings is 2. The Morgan fingerprint density at radius 3 is 2.38 bits per heavy atom. The van der Waals surface area contributed by atoms with Crippen LogP contribution in [0.3, 0.4) is 0 Å². The van der Waals surface area contributed by atoms with E-state index in [-0.39, 0.29) is 17.9 Å². The smallest absolute Gasteiger partial charge is 0.253 e. The summed E-state index contributed by atoms with van der Waals surface area (Å²) < 4.78 is 5.94. The molecule has 3 heterocycles. The molecule has 2 saturated heterocycles. The zero-order valence-corrected chi connectivity index (χ0v) is 23.7. The molecule has 5 rings (SSSR count). The second-order valence-corrected chi connectivity index (χ2v) is 11.6. The van der Waals surface area contributed by atoms with Gasteiger partial charge in [-0.05, 0) is 101 Å². The number of likely N-dealkylation sites (tertiary alicyclic amines) is 2. The van der Waals surface area contributed by atoms with E-state index in [9.17, 15) is 9.59 Å². The van der Waals surface area contributed by atoms with Crippen LogP contribution in [-0.4, -0.2) is 66.5 Å². The third-order valence-electron chi connectivity index (χ3n) is 8.90. The van der Waals surface area contributed by atoms with Gasteiger partial charge in [-0.3, -0.25) is 9.59 Å². The molecule has 2 aromatic rings. The Bertz CT molecular complexity index is 1090. The Kier molecular flexibility index (Phi) is 9.57. The molecule has 0 radical (unpaired) electrons. The summed E-state index contributed by atoms with van der Waals surface area (Å²) in [6.07, 6.45) is 11.9. The van der Waals surface area contributed by atoms with Crippen LogP contribution in [0.25, 0.3) is 0 Å². The second-order valence-electron chi connectivity index (χ2n) is 11.6. The van der Waals surface area contributed by atoms with E-state index >= 15 is 0 Å². The third-order valence-corrected chi connectivity index (χ3v) is 8.90. The van der Waals surface area contributed by atoms with Gasteiger partial charge in [0.25, 0.3) is 5.91 Å². The number of fused-ring (bicyclic) bond motifs is 1. The monoisotopic (exact) mass is 531 g/mol. The Morgan fingerprint density at radius 1 is 0.897 bits per heavy atom. The number of hydrogen-bond donors (Lipinski definition) is 0. The van der Waals surface area contributed by atoms with Gasteiger partial charge < -0.3 is 19.4 Å². The first-order valence-corrected chi connectivity index (χ1v) is 15.3. The maximum absolute atomic E-state index is 13.2. The van der Waals surface area contributed by atoms with Crippen LogP contribution in [0.2, 0.25) is 0 Å². The summed E-state index contributed by atoms with van der Waals surface area (Å²) in [7, 11) is 0. The standard InChI is InChI=1S/C33H45N3O3/c1-26(34-21-7-8-22-34)10-4-2-3-9-25-39-30-16-13-28(14-17-30)33(38)35-23-19-29(20-24-35)36-31-12-6-5-11-27(31)15-18-32(36)37/h5-6,11-14,16-17,26,29H,2-4,7-10,15,18-25H2,1H3. The van der Waals surface area contributed by atoms with Gasteiger partial charge in [0, 0.05) is 42.8 Å². The molecule has 0 bridgehead atoms. The zero-order chi connectivity index (χ0) is 27.0. The number of nitrogens with zero attached hydrogens (tertiary/aromatic N) is 3. The summed E-state index contributed by atoms with van der Waals surface area (Å²) in [5, 5.41) is 0. The van der Waals surface area contributed by atoms with Crippen molar-refractivity contribution in [1.29, 1.82) is 0 Å². The number of aryl methyl sites for hydroxylation is 1. The summed E-state index contributed by atoms with van der Waals surface area (Å²) in [6, 6.07) is 16.7. The minimum Gasteiger partial charge on any atom is -0.494 e. The summed E-state index contributed by atoms with van der Waals surface area (Å²) in [4.78, 5) is 32.5. The lowest BCUT2D eigenvalue weighted by Gasteiger charge is -2.41. The normalized spacial score (nSPS) is 19.3. The second kappa shape index (κ2) is 13.5. The molecule has 210 valence electrons. The number of rotatable bonds is 11. The fourth-order valence-corrected chi connectivity index (χ4v) is 6.51. The number of piperidine rings is 1. The van der Waals surface area contributed by atoms with E-state index in [1.165, 1.54) is 57.2 Å². The van der Waals surface area contributed by atoms with Gasteiger partial charge in [0.05, 0.1) is 6.61 Å².